The standard InChI is InChI=1S/C39H25ClN2S/c40-27-19-22-35(41-25-27)33-16-9-17-37-39(33)34-20-18-26(24-38(34)43-37)30-21-23-36(32-15-8-7-14-31(30)32)42(28-10-3-1-4-11-28)29-12-5-2-6-13-29/h1-25H. The van der Waals surface area contributed by atoms with Gasteiger partial charge in [-0.1, -0.05) is 103 Å². The summed E-state index contributed by atoms with van der Waals surface area (Å²) >= 11 is 7.96. The Kier molecular flexibility index (Phi) is 6.40. The minimum Gasteiger partial charge on any atom is -0.310 e. The van der Waals surface area contributed by atoms with Crippen molar-refractivity contribution in [2.75, 3.05) is 4.90 Å². The quantitative estimate of drug-likeness (QED) is 0.199. The first-order valence-corrected chi connectivity index (χ1v) is 15.4. The lowest BCUT2D eigenvalue weighted by molar-refractivity contribution is 1.30. The molecule has 0 fully saturated rings. The maximum Gasteiger partial charge on any atom is 0.0709 e. The predicted octanol–water partition coefficient (Wildman–Crippen LogP) is 12.1. The van der Waals surface area contributed by atoms with E-state index in [0.29, 0.717) is 5.02 Å². The molecule has 0 atom stereocenters. The number of benzene rings is 6. The van der Waals surface area contributed by atoms with Gasteiger partial charge in [0.2, 0.25) is 0 Å². The SMILES string of the molecule is Clc1ccc(-c2cccc3sc4cc(-c5ccc(N(c6ccccc6)c6ccccc6)c6ccccc56)ccc4c23)nc1. The van der Waals surface area contributed by atoms with E-state index in [1.165, 1.54) is 42.1 Å². The number of anilines is 3. The molecule has 0 N–H and O–H groups in total. The van der Waals surface area contributed by atoms with Crippen molar-refractivity contribution in [3.8, 4) is 22.4 Å². The van der Waals surface area contributed by atoms with Gasteiger partial charge in [0, 0.05) is 48.7 Å². The van der Waals surface area contributed by atoms with Gasteiger partial charge in [-0.2, -0.15) is 0 Å². The fourth-order valence-electron chi connectivity index (χ4n) is 6.05. The van der Waals surface area contributed by atoms with Crippen LogP contribution in [0.15, 0.2) is 152 Å². The number of hydrogen-bond donors (Lipinski definition) is 0. The third-order valence-electron chi connectivity index (χ3n) is 7.98. The number of halogens is 1. The second-order valence-corrected chi connectivity index (χ2v) is 12.1. The first-order chi connectivity index (χ1) is 21.2. The lowest BCUT2D eigenvalue weighted by atomic mass is 9.95. The molecular formula is C39H25ClN2S. The molecule has 0 aliphatic carbocycles. The van der Waals surface area contributed by atoms with Crippen LogP contribution in [0.1, 0.15) is 0 Å². The maximum absolute atomic E-state index is 6.13. The van der Waals surface area contributed by atoms with Crippen molar-refractivity contribution in [2.45, 2.75) is 0 Å². The number of nitrogens with zero attached hydrogens (tertiary/aromatic N) is 2. The average molecular weight is 589 g/mol. The van der Waals surface area contributed by atoms with Crippen LogP contribution in [-0.2, 0) is 0 Å². The highest BCUT2D eigenvalue weighted by Gasteiger charge is 2.18. The van der Waals surface area contributed by atoms with Gasteiger partial charge in [0.15, 0.2) is 0 Å². The number of rotatable bonds is 5. The molecule has 2 heterocycles. The highest BCUT2D eigenvalue weighted by Crippen LogP contribution is 2.44. The third-order valence-corrected chi connectivity index (χ3v) is 9.32. The summed E-state index contributed by atoms with van der Waals surface area (Å²) in [5.41, 5.74) is 7.90. The summed E-state index contributed by atoms with van der Waals surface area (Å²) in [4.78, 5) is 6.96. The van der Waals surface area contributed by atoms with Gasteiger partial charge in [-0.25, -0.2) is 0 Å². The molecule has 0 aliphatic heterocycles. The maximum atomic E-state index is 6.13. The molecule has 0 aliphatic rings. The number of thiophene rings is 1. The molecule has 6 aromatic carbocycles. The van der Waals surface area contributed by atoms with Gasteiger partial charge in [-0.3, -0.25) is 4.98 Å². The van der Waals surface area contributed by atoms with E-state index < -0.39 is 0 Å². The summed E-state index contributed by atoms with van der Waals surface area (Å²) in [7, 11) is 0. The molecular weight excluding hydrogens is 564 g/mol. The summed E-state index contributed by atoms with van der Waals surface area (Å²) in [5.74, 6) is 0. The monoisotopic (exact) mass is 588 g/mol. The molecule has 2 aromatic heterocycles. The van der Waals surface area contributed by atoms with Crippen molar-refractivity contribution in [1.29, 1.82) is 0 Å². The van der Waals surface area contributed by atoms with E-state index in [9.17, 15) is 0 Å². The largest absolute Gasteiger partial charge is 0.310 e. The molecule has 8 rings (SSSR count). The fourth-order valence-corrected chi connectivity index (χ4v) is 7.34. The smallest absolute Gasteiger partial charge is 0.0709 e. The molecule has 0 amide bonds. The Hall–Kier alpha value is -4.96. The number of hydrogen-bond acceptors (Lipinski definition) is 3. The molecule has 8 aromatic rings. The predicted molar refractivity (Wildman–Crippen MR) is 185 cm³/mol. The Balaban J connectivity index is 1.29. The zero-order valence-corrected chi connectivity index (χ0v) is 24.7. The molecule has 0 bridgehead atoms. The first kappa shape index (κ1) is 25.7. The van der Waals surface area contributed by atoms with Gasteiger partial charge < -0.3 is 4.90 Å². The van der Waals surface area contributed by atoms with Crippen LogP contribution in [-0.4, -0.2) is 4.98 Å². The highest BCUT2D eigenvalue weighted by molar-refractivity contribution is 7.26. The minimum absolute atomic E-state index is 0.643. The first-order valence-electron chi connectivity index (χ1n) is 14.2. The Bertz CT molecular complexity index is 2200. The minimum atomic E-state index is 0.643. The Morgan fingerprint density at radius 1 is 0.535 bits per heavy atom. The van der Waals surface area contributed by atoms with E-state index in [2.05, 4.69) is 143 Å². The van der Waals surface area contributed by atoms with Gasteiger partial charge in [-0.05, 0) is 71.1 Å². The summed E-state index contributed by atoms with van der Waals surface area (Å²) in [5, 5.41) is 5.56. The normalized spacial score (nSPS) is 11.4. The molecule has 0 saturated carbocycles. The summed E-state index contributed by atoms with van der Waals surface area (Å²) in [6.07, 6.45) is 1.72. The van der Waals surface area contributed by atoms with Crippen LogP contribution in [0.2, 0.25) is 5.02 Å². The van der Waals surface area contributed by atoms with E-state index in [4.69, 9.17) is 11.6 Å². The van der Waals surface area contributed by atoms with Crippen LogP contribution >= 0.6 is 22.9 Å². The van der Waals surface area contributed by atoms with E-state index in [-0.39, 0.29) is 0 Å². The number of aromatic nitrogens is 1. The van der Waals surface area contributed by atoms with Crippen molar-refractivity contribution in [3.63, 3.8) is 0 Å². The van der Waals surface area contributed by atoms with Crippen molar-refractivity contribution >= 4 is 70.9 Å². The molecule has 204 valence electrons. The van der Waals surface area contributed by atoms with E-state index >= 15 is 0 Å². The lowest BCUT2D eigenvalue weighted by Gasteiger charge is -2.27. The van der Waals surface area contributed by atoms with Crippen LogP contribution in [0.5, 0.6) is 0 Å². The molecule has 0 saturated heterocycles. The Morgan fingerprint density at radius 3 is 1.98 bits per heavy atom. The lowest BCUT2D eigenvalue weighted by Crippen LogP contribution is -2.10. The third kappa shape index (κ3) is 4.54. The van der Waals surface area contributed by atoms with Gasteiger partial charge in [0.25, 0.3) is 0 Å². The van der Waals surface area contributed by atoms with Crippen LogP contribution in [0.4, 0.5) is 17.1 Å². The summed E-state index contributed by atoms with van der Waals surface area (Å²) < 4.78 is 2.51. The number of para-hydroxylation sites is 2. The van der Waals surface area contributed by atoms with Gasteiger partial charge in [-0.15, -0.1) is 11.3 Å². The summed E-state index contributed by atoms with van der Waals surface area (Å²) in [6.45, 7) is 0. The van der Waals surface area contributed by atoms with E-state index in [1.807, 2.05) is 23.5 Å². The van der Waals surface area contributed by atoms with Crippen LogP contribution in [0.3, 0.4) is 0 Å². The second-order valence-electron chi connectivity index (χ2n) is 10.5. The summed E-state index contributed by atoms with van der Waals surface area (Å²) in [6, 6.07) is 51.7. The molecule has 0 unspecified atom stereocenters. The Morgan fingerprint density at radius 2 is 1.26 bits per heavy atom. The van der Waals surface area contributed by atoms with Crippen LogP contribution in [0, 0.1) is 0 Å². The topological polar surface area (TPSA) is 16.1 Å². The fraction of sp³-hybridized carbons (Fsp3) is 0. The zero-order chi connectivity index (χ0) is 28.8. The van der Waals surface area contributed by atoms with Gasteiger partial charge >= 0.3 is 0 Å². The van der Waals surface area contributed by atoms with Crippen molar-refractivity contribution < 1.29 is 0 Å². The zero-order valence-electron chi connectivity index (χ0n) is 23.1. The van der Waals surface area contributed by atoms with E-state index in [1.54, 1.807) is 6.20 Å². The molecule has 0 spiro atoms. The van der Waals surface area contributed by atoms with Crippen molar-refractivity contribution in [1.82, 2.24) is 4.98 Å². The molecule has 0 radical (unpaired) electrons. The second kappa shape index (κ2) is 10.7. The average Bonchev–Trinajstić information content (AvgIpc) is 3.44. The van der Waals surface area contributed by atoms with Crippen LogP contribution < -0.4 is 4.90 Å². The van der Waals surface area contributed by atoms with Gasteiger partial charge in [0.1, 0.15) is 0 Å². The number of fused-ring (bicyclic) bond motifs is 4. The van der Waals surface area contributed by atoms with Crippen molar-refractivity contribution in [2.24, 2.45) is 0 Å². The van der Waals surface area contributed by atoms with E-state index in [0.717, 1.165) is 28.3 Å². The highest BCUT2D eigenvalue weighted by atomic mass is 35.5. The molecule has 2 nitrogen and oxygen atoms in total. The Labute approximate surface area is 259 Å². The van der Waals surface area contributed by atoms with Crippen molar-refractivity contribution in [3.05, 3.63) is 157 Å². The molecule has 43 heavy (non-hydrogen) atoms. The van der Waals surface area contributed by atoms with Gasteiger partial charge in [0.05, 0.1) is 16.4 Å². The van der Waals surface area contributed by atoms with Crippen LogP contribution in [0.25, 0.3) is 53.3 Å². The number of pyridine rings is 1. The molecule has 4 heteroatoms.